The number of nitrogens with zero attached hydrogens (tertiary/aromatic N) is 2. The molecule has 22 heavy (non-hydrogen) atoms. The molecule has 1 fully saturated rings. The van der Waals surface area contributed by atoms with E-state index in [1.54, 1.807) is 6.20 Å². The Morgan fingerprint density at radius 1 is 1.27 bits per heavy atom. The first-order valence-electron chi connectivity index (χ1n) is 7.58. The van der Waals surface area contributed by atoms with Gasteiger partial charge in [0.2, 0.25) is 0 Å². The van der Waals surface area contributed by atoms with Crippen LogP contribution in [0.15, 0.2) is 36.5 Å². The fourth-order valence-electron chi connectivity index (χ4n) is 3.19. The minimum atomic E-state index is -0.793. The number of pyridine rings is 1. The maximum Gasteiger partial charge on any atom is 0.304 e. The van der Waals surface area contributed by atoms with Gasteiger partial charge in [0.25, 0.3) is 0 Å². The first-order chi connectivity index (χ1) is 10.6. The summed E-state index contributed by atoms with van der Waals surface area (Å²) in [6.07, 6.45) is 2.31. The number of aromatic nitrogens is 1. The van der Waals surface area contributed by atoms with Crippen LogP contribution in [-0.4, -0.2) is 51.8 Å². The number of carbonyl (C=O) groups is 1. The number of aliphatic hydroxyl groups is 1. The summed E-state index contributed by atoms with van der Waals surface area (Å²) in [5.74, 6) is -0.655. The Balaban J connectivity index is 1.71. The van der Waals surface area contributed by atoms with Gasteiger partial charge in [0.15, 0.2) is 0 Å². The normalized spacial score (nSPS) is 22.2. The minimum absolute atomic E-state index is 0.123. The Morgan fingerprint density at radius 3 is 2.91 bits per heavy atom. The van der Waals surface area contributed by atoms with Crippen molar-refractivity contribution in [3.05, 3.63) is 42.1 Å². The van der Waals surface area contributed by atoms with Crippen LogP contribution in [0.4, 0.5) is 0 Å². The van der Waals surface area contributed by atoms with Gasteiger partial charge in [0.1, 0.15) is 0 Å². The van der Waals surface area contributed by atoms with Gasteiger partial charge < -0.3 is 10.2 Å². The molecule has 1 saturated heterocycles. The lowest BCUT2D eigenvalue weighted by molar-refractivity contribution is -0.137. The van der Waals surface area contributed by atoms with Crippen molar-refractivity contribution < 1.29 is 15.0 Å². The standard InChI is InChI=1S/C17H20N2O3/c20-16-11-19(8-6-17(21)22)10-13(16)9-12-5-7-18-15-4-2-1-3-14(12)15/h1-5,7,13,16,20H,6,8-11H2,(H,21,22). The predicted octanol–water partition coefficient (Wildman–Crippen LogP) is 1.54. The van der Waals surface area contributed by atoms with Gasteiger partial charge >= 0.3 is 5.97 Å². The molecule has 5 nitrogen and oxygen atoms in total. The molecule has 1 aliphatic rings. The van der Waals surface area contributed by atoms with E-state index in [2.05, 4.69) is 11.1 Å². The maximum atomic E-state index is 10.7. The molecule has 1 aromatic heterocycles. The van der Waals surface area contributed by atoms with E-state index in [1.165, 1.54) is 5.56 Å². The van der Waals surface area contributed by atoms with Crippen molar-refractivity contribution in [1.82, 2.24) is 9.88 Å². The number of hydrogen-bond acceptors (Lipinski definition) is 4. The minimum Gasteiger partial charge on any atom is -0.481 e. The fraction of sp³-hybridized carbons (Fsp3) is 0.412. The number of benzene rings is 1. The van der Waals surface area contributed by atoms with E-state index in [1.807, 2.05) is 29.2 Å². The molecule has 2 atom stereocenters. The summed E-state index contributed by atoms with van der Waals surface area (Å²) in [4.78, 5) is 17.1. The number of carboxylic acids is 1. The molecular weight excluding hydrogens is 280 g/mol. The van der Waals surface area contributed by atoms with Crippen molar-refractivity contribution in [2.24, 2.45) is 5.92 Å². The number of hydrogen-bond donors (Lipinski definition) is 2. The molecule has 0 spiro atoms. The molecule has 0 amide bonds. The van der Waals surface area contributed by atoms with Crippen LogP contribution < -0.4 is 0 Å². The van der Waals surface area contributed by atoms with Gasteiger partial charge in [-0.05, 0) is 24.1 Å². The van der Waals surface area contributed by atoms with Gasteiger partial charge in [-0.1, -0.05) is 18.2 Å². The van der Waals surface area contributed by atoms with Crippen LogP contribution in [0.5, 0.6) is 0 Å². The molecule has 1 aliphatic heterocycles. The first-order valence-corrected chi connectivity index (χ1v) is 7.58. The third kappa shape index (κ3) is 3.26. The number of para-hydroxylation sites is 1. The molecule has 3 rings (SSSR count). The van der Waals surface area contributed by atoms with Gasteiger partial charge in [-0.25, -0.2) is 0 Å². The van der Waals surface area contributed by atoms with Crippen molar-refractivity contribution in [1.29, 1.82) is 0 Å². The SMILES string of the molecule is O=C(O)CCN1CC(O)C(Cc2ccnc3ccccc23)C1. The molecule has 2 N–H and O–H groups in total. The topological polar surface area (TPSA) is 73.7 Å². The van der Waals surface area contributed by atoms with Crippen LogP contribution >= 0.6 is 0 Å². The second kappa shape index (κ2) is 6.42. The fourth-order valence-corrected chi connectivity index (χ4v) is 3.19. The van der Waals surface area contributed by atoms with E-state index in [9.17, 15) is 9.90 Å². The highest BCUT2D eigenvalue weighted by molar-refractivity contribution is 5.81. The van der Waals surface area contributed by atoms with E-state index in [-0.39, 0.29) is 12.3 Å². The van der Waals surface area contributed by atoms with Crippen molar-refractivity contribution in [3.63, 3.8) is 0 Å². The van der Waals surface area contributed by atoms with Crippen LogP contribution in [0.1, 0.15) is 12.0 Å². The lowest BCUT2D eigenvalue weighted by Gasteiger charge is -2.15. The largest absolute Gasteiger partial charge is 0.481 e. The highest BCUT2D eigenvalue weighted by Gasteiger charge is 2.31. The summed E-state index contributed by atoms with van der Waals surface area (Å²) in [7, 11) is 0. The van der Waals surface area contributed by atoms with Gasteiger partial charge in [-0.3, -0.25) is 14.7 Å². The number of fused-ring (bicyclic) bond motifs is 1. The molecule has 116 valence electrons. The lowest BCUT2D eigenvalue weighted by atomic mass is 9.94. The van der Waals surface area contributed by atoms with E-state index in [0.717, 1.165) is 23.9 Å². The van der Waals surface area contributed by atoms with Crippen molar-refractivity contribution in [2.45, 2.75) is 18.9 Å². The van der Waals surface area contributed by atoms with Gasteiger partial charge in [-0.15, -0.1) is 0 Å². The number of carboxylic acid groups (broad SMARTS) is 1. The van der Waals surface area contributed by atoms with Gasteiger partial charge in [0, 0.05) is 37.1 Å². The van der Waals surface area contributed by atoms with E-state index in [4.69, 9.17) is 5.11 Å². The van der Waals surface area contributed by atoms with Gasteiger partial charge in [0.05, 0.1) is 18.0 Å². The number of aliphatic carboxylic acids is 1. The summed E-state index contributed by atoms with van der Waals surface area (Å²) in [5, 5.41) is 20.1. The summed E-state index contributed by atoms with van der Waals surface area (Å²) >= 11 is 0. The first kappa shape index (κ1) is 14.9. The second-order valence-electron chi connectivity index (χ2n) is 5.92. The highest BCUT2D eigenvalue weighted by Crippen LogP contribution is 2.25. The molecular formula is C17H20N2O3. The van der Waals surface area contributed by atoms with Crippen LogP contribution in [0.3, 0.4) is 0 Å². The maximum absolute atomic E-state index is 10.7. The molecule has 5 heteroatoms. The molecule has 0 radical (unpaired) electrons. The molecule has 2 heterocycles. The Bertz CT molecular complexity index is 669. The number of β-amino-alcohol motifs (C(OH)–C–C–N with tert-alkyl or cyclic N) is 1. The summed E-state index contributed by atoms with van der Waals surface area (Å²) < 4.78 is 0. The zero-order chi connectivity index (χ0) is 15.5. The van der Waals surface area contributed by atoms with E-state index in [0.29, 0.717) is 13.1 Å². The second-order valence-corrected chi connectivity index (χ2v) is 5.92. The van der Waals surface area contributed by atoms with Crippen LogP contribution in [0.2, 0.25) is 0 Å². The van der Waals surface area contributed by atoms with Crippen molar-refractivity contribution in [2.75, 3.05) is 19.6 Å². The lowest BCUT2D eigenvalue weighted by Crippen LogP contribution is -2.24. The Kier molecular flexibility index (Phi) is 4.36. The molecule has 2 aromatic rings. The Morgan fingerprint density at radius 2 is 2.09 bits per heavy atom. The summed E-state index contributed by atoms with van der Waals surface area (Å²) in [6.45, 7) is 1.80. The predicted molar refractivity (Wildman–Crippen MR) is 83.6 cm³/mol. The summed E-state index contributed by atoms with van der Waals surface area (Å²) in [6, 6.07) is 10.0. The third-order valence-corrected chi connectivity index (χ3v) is 4.35. The summed E-state index contributed by atoms with van der Waals surface area (Å²) in [5.41, 5.74) is 2.16. The molecule has 0 bridgehead atoms. The van der Waals surface area contributed by atoms with E-state index < -0.39 is 12.1 Å². The van der Waals surface area contributed by atoms with E-state index >= 15 is 0 Å². The van der Waals surface area contributed by atoms with Crippen molar-refractivity contribution in [3.8, 4) is 0 Å². The zero-order valence-corrected chi connectivity index (χ0v) is 12.4. The van der Waals surface area contributed by atoms with Gasteiger partial charge in [-0.2, -0.15) is 0 Å². The molecule has 0 saturated carbocycles. The molecule has 0 aliphatic carbocycles. The quantitative estimate of drug-likeness (QED) is 0.876. The van der Waals surface area contributed by atoms with Crippen LogP contribution in [-0.2, 0) is 11.2 Å². The smallest absolute Gasteiger partial charge is 0.304 e. The number of aliphatic hydroxyl groups excluding tert-OH is 1. The number of likely N-dealkylation sites (tertiary alicyclic amines) is 1. The Labute approximate surface area is 129 Å². The van der Waals surface area contributed by atoms with Crippen LogP contribution in [0.25, 0.3) is 10.9 Å². The third-order valence-electron chi connectivity index (χ3n) is 4.35. The monoisotopic (exact) mass is 300 g/mol. The number of rotatable bonds is 5. The highest BCUT2D eigenvalue weighted by atomic mass is 16.4. The molecule has 1 aromatic carbocycles. The average Bonchev–Trinajstić information content (AvgIpc) is 2.86. The average molecular weight is 300 g/mol. The molecule has 2 unspecified atom stereocenters. The van der Waals surface area contributed by atoms with Crippen LogP contribution in [0, 0.1) is 5.92 Å². The zero-order valence-electron chi connectivity index (χ0n) is 12.4. The Hall–Kier alpha value is -1.98. The van der Waals surface area contributed by atoms with Crippen molar-refractivity contribution >= 4 is 16.9 Å².